The van der Waals surface area contributed by atoms with Gasteiger partial charge in [-0.05, 0) is 30.5 Å². The molecule has 0 spiro atoms. The van der Waals surface area contributed by atoms with Crippen molar-refractivity contribution in [1.82, 2.24) is 15.2 Å². The van der Waals surface area contributed by atoms with Crippen LogP contribution in [-0.2, 0) is 5.75 Å². The van der Waals surface area contributed by atoms with Crippen molar-refractivity contribution in [3.05, 3.63) is 45.7 Å². The van der Waals surface area contributed by atoms with E-state index >= 15 is 0 Å². The molecule has 0 atom stereocenters. The first-order valence-corrected chi connectivity index (χ1v) is 8.47. The van der Waals surface area contributed by atoms with E-state index in [1.54, 1.807) is 34.4 Å². The molecule has 96 valence electrons. The second kappa shape index (κ2) is 5.81. The molecule has 0 radical (unpaired) electrons. The molecule has 3 heterocycles. The van der Waals surface area contributed by atoms with Crippen LogP contribution in [0.1, 0.15) is 10.7 Å². The summed E-state index contributed by atoms with van der Waals surface area (Å²) in [6.07, 6.45) is 0. The third kappa shape index (κ3) is 3.20. The van der Waals surface area contributed by atoms with Crippen LogP contribution in [0.3, 0.4) is 0 Å². The molecule has 0 aromatic carbocycles. The molecular formula is C13H11N3S3. The molecule has 3 rings (SSSR count). The summed E-state index contributed by atoms with van der Waals surface area (Å²) in [6, 6.07) is 8.12. The maximum absolute atomic E-state index is 4.44. The van der Waals surface area contributed by atoms with Gasteiger partial charge in [-0.15, -0.1) is 32.9 Å². The summed E-state index contributed by atoms with van der Waals surface area (Å²) in [4.78, 5) is 5.59. The molecule has 3 nitrogen and oxygen atoms in total. The monoisotopic (exact) mass is 305 g/mol. The molecule has 0 N–H and O–H groups in total. The SMILES string of the molecule is Cc1nc(CSc2ccc(-c3cccs3)nn2)cs1. The fourth-order valence-corrected chi connectivity index (χ4v) is 3.69. The standard InChI is InChI=1S/C13H11N3S3/c1-9-14-10(7-18-9)8-19-13-5-4-11(15-16-13)12-3-2-6-17-12/h2-7H,8H2,1H3. The number of aryl methyl sites for hydroxylation is 1. The summed E-state index contributed by atoms with van der Waals surface area (Å²) in [5.74, 6) is 0.845. The highest BCUT2D eigenvalue weighted by Crippen LogP contribution is 2.25. The summed E-state index contributed by atoms with van der Waals surface area (Å²) in [5.41, 5.74) is 2.04. The van der Waals surface area contributed by atoms with Crippen molar-refractivity contribution < 1.29 is 0 Å². The number of aromatic nitrogens is 3. The Morgan fingerprint density at radius 3 is 2.74 bits per heavy atom. The van der Waals surface area contributed by atoms with Gasteiger partial charge in [-0.25, -0.2) is 4.98 Å². The molecular weight excluding hydrogens is 294 g/mol. The van der Waals surface area contributed by atoms with Gasteiger partial charge in [-0.1, -0.05) is 17.8 Å². The Morgan fingerprint density at radius 2 is 2.11 bits per heavy atom. The van der Waals surface area contributed by atoms with Crippen LogP contribution in [0.2, 0.25) is 0 Å². The molecule has 0 aliphatic carbocycles. The van der Waals surface area contributed by atoms with E-state index in [4.69, 9.17) is 0 Å². The summed E-state index contributed by atoms with van der Waals surface area (Å²) < 4.78 is 0. The first-order chi connectivity index (χ1) is 9.31. The average molecular weight is 305 g/mol. The summed E-state index contributed by atoms with van der Waals surface area (Å²) in [5, 5.41) is 14.7. The second-order valence-corrected chi connectivity index (χ2v) is 6.89. The van der Waals surface area contributed by atoms with Crippen molar-refractivity contribution >= 4 is 34.4 Å². The van der Waals surface area contributed by atoms with E-state index in [9.17, 15) is 0 Å². The fraction of sp³-hybridized carbons (Fsp3) is 0.154. The first kappa shape index (κ1) is 12.8. The minimum absolute atomic E-state index is 0.845. The summed E-state index contributed by atoms with van der Waals surface area (Å²) >= 11 is 5.02. The van der Waals surface area contributed by atoms with Gasteiger partial charge in [0.25, 0.3) is 0 Å². The highest BCUT2D eigenvalue weighted by Gasteiger charge is 2.04. The van der Waals surface area contributed by atoms with Crippen LogP contribution in [0.15, 0.2) is 40.1 Å². The van der Waals surface area contributed by atoms with Crippen molar-refractivity contribution in [2.45, 2.75) is 17.7 Å². The second-order valence-electron chi connectivity index (χ2n) is 3.88. The van der Waals surface area contributed by atoms with Gasteiger partial charge in [0, 0.05) is 11.1 Å². The molecule has 3 aromatic rings. The van der Waals surface area contributed by atoms with Gasteiger partial charge >= 0.3 is 0 Å². The third-order valence-electron chi connectivity index (χ3n) is 2.45. The Morgan fingerprint density at radius 1 is 1.16 bits per heavy atom. The third-order valence-corrected chi connectivity index (χ3v) is 5.12. The Balaban J connectivity index is 1.66. The number of thiazole rings is 1. The van der Waals surface area contributed by atoms with Gasteiger partial charge in [0.05, 0.1) is 15.6 Å². The molecule has 0 unspecified atom stereocenters. The Kier molecular flexibility index (Phi) is 3.91. The number of nitrogens with zero attached hydrogens (tertiary/aromatic N) is 3. The van der Waals surface area contributed by atoms with E-state index in [0.717, 1.165) is 32.1 Å². The highest BCUT2D eigenvalue weighted by atomic mass is 32.2. The molecule has 0 aliphatic rings. The Bertz CT molecular complexity index is 644. The van der Waals surface area contributed by atoms with Crippen molar-refractivity contribution in [3.8, 4) is 10.6 Å². The van der Waals surface area contributed by atoms with Gasteiger partial charge < -0.3 is 0 Å². The largest absolute Gasteiger partial charge is 0.246 e. The zero-order valence-corrected chi connectivity index (χ0v) is 12.7. The molecule has 0 amide bonds. The lowest BCUT2D eigenvalue weighted by molar-refractivity contribution is 0.936. The van der Waals surface area contributed by atoms with Gasteiger partial charge in [-0.3, -0.25) is 0 Å². The molecule has 0 saturated carbocycles. The van der Waals surface area contributed by atoms with E-state index in [-0.39, 0.29) is 0 Å². The zero-order valence-electron chi connectivity index (χ0n) is 10.2. The number of hydrogen-bond donors (Lipinski definition) is 0. The van der Waals surface area contributed by atoms with E-state index < -0.39 is 0 Å². The number of thioether (sulfide) groups is 1. The number of thiophene rings is 1. The topological polar surface area (TPSA) is 38.7 Å². The van der Waals surface area contributed by atoms with Gasteiger partial charge in [0.15, 0.2) is 0 Å². The maximum Gasteiger partial charge on any atom is 0.119 e. The lowest BCUT2D eigenvalue weighted by atomic mass is 10.3. The van der Waals surface area contributed by atoms with E-state index in [1.807, 2.05) is 30.5 Å². The van der Waals surface area contributed by atoms with Crippen LogP contribution < -0.4 is 0 Å². The molecule has 3 aromatic heterocycles. The minimum atomic E-state index is 0.845. The van der Waals surface area contributed by atoms with Crippen molar-refractivity contribution in [3.63, 3.8) is 0 Å². The predicted molar refractivity (Wildman–Crippen MR) is 81.8 cm³/mol. The fourth-order valence-electron chi connectivity index (χ4n) is 1.58. The molecule has 0 saturated heterocycles. The molecule has 6 heteroatoms. The van der Waals surface area contributed by atoms with Crippen LogP contribution in [-0.4, -0.2) is 15.2 Å². The van der Waals surface area contributed by atoms with Crippen molar-refractivity contribution in [1.29, 1.82) is 0 Å². The van der Waals surface area contributed by atoms with E-state index in [0.29, 0.717) is 0 Å². The Labute approximate surface area is 123 Å². The highest BCUT2D eigenvalue weighted by molar-refractivity contribution is 7.98. The van der Waals surface area contributed by atoms with Gasteiger partial charge in [-0.2, -0.15) is 0 Å². The van der Waals surface area contributed by atoms with Gasteiger partial charge in [0.1, 0.15) is 10.7 Å². The van der Waals surface area contributed by atoms with Crippen molar-refractivity contribution in [2.24, 2.45) is 0 Å². The van der Waals surface area contributed by atoms with E-state index in [1.165, 1.54) is 0 Å². The molecule has 0 aliphatic heterocycles. The first-order valence-electron chi connectivity index (χ1n) is 5.73. The summed E-state index contributed by atoms with van der Waals surface area (Å²) in [7, 11) is 0. The lowest BCUT2D eigenvalue weighted by Gasteiger charge is -1.99. The van der Waals surface area contributed by atoms with Crippen LogP contribution in [0.25, 0.3) is 10.6 Å². The molecule has 19 heavy (non-hydrogen) atoms. The van der Waals surface area contributed by atoms with Crippen molar-refractivity contribution in [2.75, 3.05) is 0 Å². The van der Waals surface area contributed by atoms with E-state index in [2.05, 4.69) is 26.6 Å². The average Bonchev–Trinajstić information content (AvgIpc) is 3.08. The minimum Gasteiger partial charge on any atom is -0.246 e. The van der Waals surface area contributed by atoms with Crippen LogP contribution in [0, 0.1) is 6.92 Å². The number of hydrogen-bond acceptors (Lipinski definition) is 6. The zero-order chi connectivity index (χ0) is 13.1. The quantitative estimate of drug-likeness (QED) is 0.675. The van der Waals surface area contributed by atoms with Crippen LogP contribution in [0.5, 0.6) is 0 Å². The number of rotatable bonds is 4. The lowest BCUT2D eigenvalue weighted by Crippen LogP contribution is -1.89. The Hall–Kier alpha value is -1.24. The maximum atomic E-state index is 4.44. The summed E-state index contributed by atoms with van der Waals surface area (Å²) in [6.45, 7) is 2.02. The van der Waals surface area contributed by atoms with Crippen LogP contribution in [0.4, 0.5) is 0 Å². The van der Waals surface area contributed by atoms with Crippen LogP contribution >= 0.6 is 34.4 Å². The smallest absolute Gasteiger partial charge is 0.119 e. The van der Waals surface area contributed by atoms with Gasteiger partial charge in [0.2, 0.25) is 0 Å². The molecule has 0 fully saturated rings. The molecule has 0 bridgehead atoms. The normalized spacial score (nSPS) is 10.8. The predicted octanol–water partition coefficient (Wildman–Crippen LogP) is 4.26.